The number of amides is 1. The largest absolute Gasteiger partial charge is 0.335 e. The number of carbonyl (C=O) groups is 1. The molecule has 0 aliphatic heterocycles. The molecule has 6 nitrogen and oxygen atoms in total. The Labute approximate surface area is 160 Å². The van der Waals surface area contributed by atoms with E-state index in [9.17, 15) is 4.79 Å². The van der Waals surface area contributed by atoms with Crippen LogP contribution in [0, 0.1) is 6.92 Å². The molecule has 0 radical (unpaired) electrons. The van der Waals surface area contributed by atoms with Crippen molar-refractivity contribution in [3.05, 3.63) is 59.1 Å². The lowest BCUT2D eigenvalue weighted by Gasteiger charge is -2.12. The van der Waals surface area contributed by atoms with Crippen molar-refractivity contribution in [2.75, 3.05) is 11.2 Å². The molecule has 0 bridgehead atoms. The predicted octanol–water partition coefficient (Wildman–Crippen LogP) is 3.74. The number of thioether (sulfide) groups is 1. The zero-order valence-electron chi connectivity index (χ0n) is 14.3. The summed E-state index contributed by atoms with van der Waals surface area (Å²) in [5.74, 6) is 6.48. The lowest BCUT2D eigenvalue weighted by Crippen LogP contribution is -2.23. The minimum atomic E-state index is -0.389. The van der Waals surface area contributed by atoms with Crippen molar-refractivity contribution in [1.82, 2.24) is 14.9 Å². The highest BCUT2D eigenvalue weighted by atomic mass is 35.5. The number of rotatable bonds is 5. The molecule has 3 rings (SSSR count). The molecule has 1 aromatic heterocycles. The van der Waals surface area contributed by atoms with E-state index in [1.807, 2.05) is 43.3 Å². The smallest absolute Gasteiger partial charge is 0.237 e. The van der Waals surface area contributed by atoms with Crippen LogP contribution in [0.3, 0.4) is 0 Å². The average molecular weight is 388 g/mol. The lowest BCUT2D eigenvalue weighted by atomic mass is 10.2. The molecule has 0 aliphatic carbocycles. The van der Waals surface area contributed by atoms with Crippen LogP contribution < -0.4 is 11.2 Å². The van der Waals surface area contributed by atoms with E-state index >= 15 is 0 Å². The number of halogens is 1. The Balaban J connectivity index is 1.70. The molecule has 3 N–H and O–H groups in total. The van der Waals surface area contributed by atoms with E-state index in [2.05, 4.69) is 15.5 Å². The Bertz CT molecular complexity index is 926. The van der Waals surface area contributed by atoms with Gasteiger partial charge >= 0.3 is 0 Å². The molecule has 0 saturated heterocycles. The van der Waals surface area contributed by atoms with Crippen LogP contribution in [-0.4, -0.2) is 26.0 Å². The van der Waals surface area contributed by atoms with Gasteiger partial charge in [0.25, 0.3) is 0 Å². The summed E-state index contributed by atoms with van der Waals surface area (Å²) in [7, 11) is 0. The Hall–Kier alpha value is -2.51. The molecule has 1 amide bonds. The van der Waals surface area contributed by atoms with Crippen molar-refractivity contribution in [3.8, 4) is 11.4 Å². The molecule has 8 heteroatoms. The van der Waals surface area contributed by atoms with Crippen molar-refractivity contribution >= 4 is 35.0 Å². The quantitative estimate of drug-likeness (QED) is 0.514. The molecular weight excluding hydrogens is 370 g/mol. The van der Waals surface area contributed by atoms with Crippen LogP contribution in [0.25, 0.3) is 11.4 Å². The van der Waals surface area contributed by atoms with Crippen molar-refractivity contribution in [2.24, 2.45) is 0 Å². The normalized spacial score (nSPS) is 12.0. The fourth-order valence-corrected chi connectivity index (χ4v) is 3.23. The topological polar surface area (TPSA) is 85.8 Å². The van der Waals surface area contributed by atoms with E-state index in [4.69, 9.17) is 17.4 Å². The van der Waals surface area contributed by atoms with Gasteiger partial charge in [0.05, 0.1) is 5.25 Å². The fraction of sp³-hybridized carbons (Fsp3) is 0.167. The summed E-state index contributed by atoms with van der Waals surface area (Å²) in [5, 5.41) is 11.8. The molecule has 2 aromatic carbocycles. The first kappa shape index (κ1) is 18.3. The van der Waals surface area contributed by atoms with E-state index in [1.165, 1.54) is 16.4 Å². The molecule has 0 spiro atoms. The van der Waals surface area contributed by atoms with Gasteiger partial charge in [-0.05, 0) is 55.8 Å². The number of nitrogens with two attached hydrogens (primary N) is 1. The molecule has 0 aliphatic rings. The average Bonchev–Trinajstić information content (AvgIpc) is 2.96. The zero-order chi connectivity index (χ0) is 18.7. The molecule has 0 unspecified atom stereocenters. The van der Waals surface area contributed by atoms with Gasteiger partial charge in [-0.1, -0.05) is 35.5 Å². The number of benzene rings is 2. The van der Waals surface area contributed by atoms with Crippen LogP contribution in [0.1, 0.15) is 12.5 Å². The minimum absolute atomic E-state index is 0.128. The van der Waals surface area contributed by atoms with Gasteiger partial charge < -0.3 is 11.2 Å². The first-order valence-corrected chi connectivity index (χ1v) is 9.20. The Kier molecular flexibility index (Phi) is 5.49. The van der Waals surface area contributed by atoms with E-state index < -0.39 is 0 Å². The van der Waals surface area contributed by atoms with Crippen LogP contribution in [0.5, 0.6) is 0 Å². The monoisotopic (exact) mass is 387 g/mol. The Morgan fingerprint density at radius 2 is 1.96 bits per heavy atom. The summed E-state index contributed by atoms with van der Waals surface area (Å²) < 4.78 is 1.38. The number of nitrogen functional groups attached to an aromatic ring is 1. The second-order valence-corrected chi connectivity index (χ2v) is 7.55. The highest BCUT2D eigenvalue weighted by Crippen LogP contribution is 2.26. The number of anilines is 1. The van der Waals surface area contributed by atoms with Crippen molar-refractivity contribution in [3.63, 3.8) is 0 Å². The fourth-order valence-electron chi connectivity index (χ4n) is 2.33. The maximum Gasteiger partial charge on any atom is 0.237 e. The highest BCUT2D eigenvalue weighted by molar-refractivity contribution is 8.00. The van der Waals surface area contributed by atoms with Crippen LogP contribution in [0.2, 0.25) is 5.02 Å². The molecule has 1 heterocycles. The van der Waals surface area contributed by atoms with E-state index in [0.29, 0.717) is 16.0 Å². The summed E-state index contributed by atoms with van der Waals surface area (Å²) in [5.41, 5.74) is 2.64. The second kappa shape index (κ2) is 7.80. The number of hydrogen-bond acceptors (Lipinski definition) is 5. The van der Waals surface area contributed by atoms with Gasteiger partial charge in [-0.2, -0.15) is 0 Å². The zero-order valence-corrected chi connectivity index (χ0v) is 15.9. The van der Waals surface area contributed by atoms with E-state index in [-0.39, 0.29) is 11.2 Å². The molecule has 3 aromatic rings. The summed E-state index contributed by atoms with van der Waals surface area (Å²) in [6.45, 7) is 3.77. The van der Waals surface area contributed by atoms with Gasteiger partial charge in [0, 0.05) is 16.3 Å². The van der Waals surface area contributed by atoms with Crippen molar-refractivity contribution < 1.29 is 4.79 Å². The standard InChI is InChI=1S/C18H18ClN5OS/c1-11-4-3-5-15(10-11)21-17(25)12(2)26-18-23-22-16(24(18)20)13-6-8-14(19)9-7-13/h3-10,12H,20H2,1-2H3,(H,21,25)/t12-/m1/s1. The van der Waals surface area contributed by atoms with Crippen LogP contribution in [-0.2, 0) is 4.79 Å². The molecule has 134 valence electrons. The van der Waals surface area contributed by atoms with Gasteiger partial charge in [-0.25, -0.2) is 4.68 Å². The number of aromatic nitrogens is 3. The molecule has 26 heavy (non-hydrogen) atoms. The minimum Gasteiger partial charge on any atom is -0.335 e. The third-order valence-electron chi connectivity index (χ3n) is 3.70. The van der Waals surface area contributed by atoms with E-state index in [1.54, 1.807) is 19.1 Å². The number of hydrogen-bond donors (Lipinski definition) is 2. The number of nitrogens with zero attached hydrogens (tertiary/aromatic N) is 3. The summed E-state index contributed by atoms with van der Waals surface area (Å²) in [6, 6.07) is 14.8. The highest BCUT2D eigenvalue weighted by Gasteiger charge is 2.20. The number of aryl methyl sites for hydroxylation is 1. The third-order valence-corrected chi connectivity index (χ3v) is 5.01. The molecule has 0 saturated carbocycles. The Morgan fingerprint density at radius 1 is 1.23 bits per heavy atom. The van der Waals surface area contributed by atoms with Crippen LogP contribution >= 0.6 is 23.4 Å². The van der Waals surface area contributed by atoms with Crippen LogP contribution in [0.4, 0.5) is 5.69 Å². The molecular formula is C18H18ClN5OS. The first-order chi connectivity index (χ1) is 12.4. The van der Waals surface area contributed by atoms with Gasteiger partial charge in [-0.3, -0.25) is 4.79 Å². The van der Waals surface area contributed by atoms with Gasteiger partial charge in [0.15, 0.2) is 5.82 Å². The summed E-state index contributed by atoms with van der Waals surface area (Å²) in [6.07, 6.45) is 0. The molecule has 1 atom stereocenters. The Morgan fingerprint density at radius 3 is 2.65 bits per heavy atom. The van der Waals surface area contributed by atoms with Crippen molar-refractivity contribution in [2.45, 2.75) is 24.3 Å². The lowest BCUT2D eigenvalue weighted by molar-refractivity contribution is -0.115. The maximum atomic E-state index is 12.4. The number of nitrogens with one attached hydrogen (secondary N) is 1. The number of carbonyl (C=O) groups excluding carboxylic acids is 1. The SMILES string of the molecule is Cc1cccc(NC(=O)[C@@H](C)Sc2nnc(-c3ccc(Cl)cc3)n2N)c1. The summed E-state index contributed by atoms with van der Waals surface area (Å²) in [4.78, 5) is 12.4. The second-order valence-electron chi connectivity index (χ2n) is 5.80. The van der Waals surface area contributed by atoms with Gasteiger partial charge in [0.1, 0.15) is 0 Å². The summed E-state index contributed by atoms with van der Waals surface area (Å²) >= 11 is 7.15. The third kappa shape index (κ3) is 4.17. The van der Waals surface area contributed by atoms with Gasteiger partial charge in [-0.15, -0.1) is 10.2 Å². The maximum absolute atomic E-state index is 12.4. The van der Waals surface area contributed by atoms with Gasteiger partial charge in [0.2, 0.25) is 11.1 Å². The molecule has 0 fully saturated rings. The van der Waals surface area contributed by atoms with Crippen molar-refractivity contribution in [1.29, 1.82) is 0 Å². The predicted molar refractivity (Wildman–Crippen MR) is 106 cm³/mol. The first-order valence-electron chi connectivity index (χ1n) is 7.94. The van der Waals surface area contributed by atoms with Crippen LogP contribution in [0.15, 0.2) is 53.7 Å². The van der Waals surface area contributed by atoms with E-state index in [0.717, 1.165) is 16.8 Å².